The molecule has 320 valence electrons. The summed E-state index contributed by atoms with van der Waals surface area (Å²) in [5.74, 6) is 0. The highest BCUT2D eigenvalue weighted by Crippen LogP contribution is 2.56. The Balaban J connectivity index is 1.27. The Bertz CT molecular complexity index is 3680. The van der Waals surface area contributed by atoms with Gasteiger partial charge < -0.3 is 13.8 Å². The van der Waals surface area contributed by atoms with Gasteiger partial charge in [-0.15, -0.1) is 11.3 Å². The number of thiophene rings is 1. The highest BCUT2D eigenvalue weighted by molar-refractivity contribution is 7.27. The van der Waals surface area contributed by atoms with Crippen LogP contribution in [0.2, 0.25) is 0 Å². The van der Waals surface area contributed by atoms with E-state index in [1.54, 1.807) is 0 Å². The van der Waals surface area contributed by atoms with Crippen molar-refractivity contribution in [3.63, 3.8) is 0 Å². The first kappa shape index (κ1) is 39.3. The van der Waals surface area contributed by atoms with Gasteiger partial charge in [0.15, 0.2) is 0 Å². The molecule has 5 heteroatoms. The number of aromatic nitrogens is 1. The third-order valence-electron chi connectivity index (χ3n) is 15.8. The second-order valence-electron chi connectivity index (χ2n) is 22.8. The molecule has 0 unspecified atom stereocenters. The van der Waals surface area contributed by atoms with Gasteiger partial charge in [0.2, 0.25) is 0 Å². The molecule has 1 aliphatic carbocycles. The Labute approximate surface area is 386 Å². The molecule has 3 aromatic heterocycles. The minimum absolute atomic E-state index is 0.0150. The van der Waals surface area contributed by atoms with Crippen LogP contribution in [0.15, 0.2) is 132 Å². The van der Waals surface area contributed by atoms with E-state index in [-0.39, 0.29) is 28.5 Å². The van der Waals surface area contributed by atoms with Gasteiger partial charge in [0, 0.05) is 64.5 Å². The van der Waals surface area contributed by atoms with Crippen LogP contribution >= 0.6 is 11.3 Å². The number of anilines is 2. The third kappa shape index (κ3) is 5.36. The summed E-state index contributed by atoms with van der Waals surface area (Å²) in [6, 6.07) is 47.0. The highest BCUT2D eigenvalue weighted by Gasteiger charge is 2.48. The molecule has 0 N–H and O–H groups in total. The number of fused-ring (bicyclic) bond motifs is 15. The van der Waals surface area contributed by atoms with Crippen LogP contribution < -0.4 is 15.7 Å². The molecule has 0 radical (unpaired) electrons. The minimum atomic E-state index is -0.134. The van der Waals surface area contributed by atoms with Crippen molar-refractivity contribution in [2.45, 2.75) is 104 Å². The molecule has 0 amide bonds. The summed E-state index contributed by atoms with van der Waals surface area (Å²) in [5, 5.41) is 6.58. The topological polar surface area (TPSA) is 21.3 Å². The van der Waals surface area contributed by atoms with Gasteiger partial charge in [-0.25, -0.2) is 0 Å². The first-order chi connectivity index (χ1) is 31.0. The standard InChI is InChI=1S/C60H55BN2OS/c1-57(2,3)35-20-23-37(24-21-35)63-47-31-44-43(59(7,8)26-27-60(44,9)10)29-41(47)51-52-38-18-14-15-19-50(38)65-56(52)53-40-28-36(58(4,5)6)22-25-46(40)62-48-30-39-42(34-16-12-11-13-17-34)33-64-49(39)32-45(48)61(63)54(51)55(53)62/h11-25,28-33H,26-27H2,1-10H3. The van der Waals surface area contributed by atoms with Crippen molar-refractivity contribution in [2.24, 2.45) is 0 Å². The van der Waals surface area contributed by atoms with E-state index in [1.807, 2.05) is 17.6 Å². The normalized spacial score (nSPS) is 16.2. The molecule has 0 atom stereocenters. The zero-order valence-corrected chi connectivity index (χ0v) is 40.1. The number of rotatable bonds is 2. The number of furan rings is 1. The number of hydrogen-bond acceptors (Lipinski definition) is 3. The van der Waals surface area contributed by atoms with E-state index >= 15 is 0 Å². The van der Waals surface area contributed by atoms with Gasteiger partial charge in [-0.1, -0.05) is 136 Å². The average molecular weight is 863 g/mol. The van der Waals surface area contributed by atoms with Crippen LogP contribution in [0.1, 0.15) is 104 Å². The fourth-order valence-corrected chi connectivity index (χ4v) is 13.3. The Morgan fingerprint density at radius 2 is 1.29 bits per heavy atom. The zero-order valence-electron chi connectivity index (χ0n) is 39.3. The Hall–Kier alpha value is -6.04. The monoisotopic (exact) mass is 862 g/mol. The molecule has 5 heterocycles. The van der Waals surface area contributed by atoms with Crippen molar-refractivity contribution < 1.29 is 4.42 Å². The number of hydrogen-bond donors (Lipinski definition) is 0. The molecule has 7 aromatic carbocycles. The van der Waals surface area contributed by atoms with Crippen molar-refractivity contribution in [3.05, 3.63) is 150 Å². The van der Waals surface area contributed by atoms with Gasteiger partial charge in [-0.3, -0.25) is 0 Å². The van der Waals surface area contributed by atoms with Crippen LogP contribution in [0.3, 0.4) is 0 Å². The van der Waals surface area contributed by atoms with E-state index in [2.05, 4.69) is 200 Å². The lowest BCUT2D eigenvalue weighted by atomic mass is 9.43. The SMILES string of the molecule is CC(C)(C)c1ccc(N2B3c4cc5occ(-c6ccccc6)c5cc4-n4c5ccc(C(C)(C)C)cc5c5c6sc7ccccc7c6c(c3c54)-c3cc4c(cc32)C(C)(C)CCC4(C)C)cc1. The van der Waals surface area contributed by atoms with Crippen LogP contribution in [0, 0.1) is 0 Å². The molecule has 2 aliphatic heterocycles. The molecule has 0 fully saturated rings. The molecule has 10 aromatic rings. The summed E-state index contributed by atoms with van der Waals surface area (Å²) in [5.41, 5.74) is 20.7. The predicted molar refractivity (Wildman–Crippen MR) is 281 cm³/mol. The summed E-state index contributed by atoms with van der Waals surface area (Å²) in [4.78, 5) is 2.73. The highest BCUT2D eigenvalue weighted by atomic mass is 32.1. The fraction of sp³-hybridized carbons (Fsp3) is 0.267. The number of benzene rings is 7. The van der Waals surface area contributed by atoms with Crippen LogP contribution in [0.25, 0.3) is 80.9 Å². The van der Waals surface area contributed by atoms with Gasteiger partial charge in [-0.05, 0) is 133 Å². The first-order valence-electron chi connectivity index (χ1n) is 23.7. The zero-order chi connectivity index (χ0) is 44.7. The van der Waals surface area contributed by atoms with Crippen molar-refractivity contribution in [2.75, 3.05) is 4.81 Å². The first-order valence-corrected chi connectivity index (χ1v) is 24.5. The van der Waals surface area contributed by atoms with Crippen molar-refractivity contribution in [1.82, 2.24) is 4.57 Å². The van der Waals surface area contributed by atoms with E-state index in [0.29, 0.717) is 0 Å². The molecule has 0 spiro atoms. The lowest BCUT2D eigenvalue weighted by Crippen LogP contribution is -2.60. The summed E-state index contributed by atoms with van der Waals surface area (Å²) in [6.45, 7) is 23.7. The Morgan fingerprint density at radius 3 is 2.02 bits per heavy atom. The minimum Gasteiger partial charge on any atom is -0.464 e. The van der Waals surface area contributed by atoms with Crippen molar-refractivity contribution in [1.29, 1.82) is 0 Å². The van der Waals surface area contributed by atoms with Gasteiger partial charge in [0.05, 0.1) is 17.3 Å². The summed E-state index contributed by atoms with van der Waals surface area (Å²) in [7, 11) is 0. The lowest BCUT2D eigenvalue weighted by molar-refractivity contribution is 0.332. The van der Waals surface area contributed by atoms with Crippen LogP contribution in [0.5, 0.6) is 0 Å². The molecule has 3 aliphatic rings. The van der Waals surface area contributed by atoms with Crippen LogP contribution in [-0.4, -0.2) is 11.4 Å². The second kappa shape index (κ2) is 12.9. The lowest BCUT2D eigenvalue weighted by Gasteiger charge is -2.46. The quantitative estimate of drug-likeness (QED) is 0.162. The third-order valence-corrected chi connectivity index (χ3v) is 17.0. The molecular formula is C60H55BN2OS. The molecule has 3 nitrogen and oxygen atoms in total. The van der Waals surface area contributed by atoms with Crippen LogP contribution in [0.4, 0.5) is 11.4 Å². The Kier molecular flexibility index (Phi) is 7.78. The molecule has 13 rings (SSSR count). The predicted octanol–water partition coefficient (Wildman–Crippen LogP) is 15.7. The van der Waals surface area contributed by atoms with Crippen LogP contribution in [-0.2, 0) is 21.7 Å². The average Bonchev–Trinajstić information content (AvgIpc) is 3.98. The summed E-state index contributed by atoms with van der Waals surface area (Å²) < 4.78 is 12.1. The smallest absolute Gasteiger partial charge is 0.333 e. The fourth-order valence-electron chi connectivity index (χ4n) is 12.1. The molecule has 0 bridgehead atoms. The van der Waals surface area contributed by atoms with Gasteiger partial charge in [0.25, 0.3) is 0 Å². The second-order valence-corrected chi connectivity index (χ2v) is 23.9. The molecular weight excluding hydrogens is 808 g/mol. The van der Waals surface area contributed by atoms with E-state index in [4.69, 9.17) is 4.42 Å². The maximum atomic E-state index is 6.67. The molecule has 65 heavy (non-hydrogen) atoms. The molecule has 0 saturated heterocycles. The molecule has 0 saturated carbocycles. The summed E-state index contributed by atoms with van der Waals surface area (Å²) >= 11 is 1.98. The maximum absolute atomic E-state index is 6.67. The van der Waals surface area contributed by atoms with Crippen molar-refractivity contribution in [3.8, 4) is 27.9 Å². The van der Waals surface area contributed by atoms with Gasteiger partial charge in [-0.2, -0.15) is 0 Å². The maximum Gasteiger partial charge on any atom is 0.333 e. The summed E-state index contributed by atoms with van der Waals surface area (Å²) in [6.07, 6.45) is 4.29. The van der Waals surface area contributed by atoms with E-state index in [9.17, 15) is 0 Å². The van der Waals surface area contributed by atoms with E-state index in [0.717, 1.165) is 34.9 Å². The van der Waals surface area contributed by atoms with E-state index < -0.39 is 0 Å². The van der Waals surface area contributed by atoms with Gasteiger partial charge >= 0.3 is 6.85 Å². The van der Waals surface area contributed by atoms with E-state index in [1.165, 1.54) is 103 Å². The Morgan fingerprint density at radius 1 is 0.615 bits per heavy atom. The largest absolute Gasteiger partial charge is 0.464 e. The van der Waals surface area contributed by atoms with Crippen molar-refractivity contribution >= 4 is 93.4 Å². The number of nitrogens with zero attached hydrogens (tertiary/aromatic N) is 2. The van der Waals surface area contributed by atoms with Gasteiger partial charge in [0.1, 0.15) is 5.58 Å².